The predicted molar refractivity (Wildman–Crippen MR) is 41.8 cm³/mol. The standard InChI is InChI=1S/C7H15NO3/c1-3-8(2)5-4-6-11-7(9)10/h3-6H2,1-2H3,(H,9,10). The van der Waals surface area contributed by atoms with Gasteiger partial charge in [0.1, 0.15) is 0 Å². The van der Waals surface area contributed by atoms with Crippen molar-refractivity contribution in [2.45, 2.75) is 13.3 Å². The zero-order chi connectivity index (χ0) is 8.69. The monoisotopic (exact) mass is 161 g/mol. The first-order valence-electron chi connectivity index (χ1n) is 3.71. The molecule has 0 unspecified atom stereocenters. The predicted octanol–water partition coefficient (Wildman–Crippen LogP) is 1.02. The summed E-state index contributed by atoms with van der Waals surface area (Å²) >= 11 is 0. The fourth-order valence-corrected chi connectivity index (χ4v) is 0.652. The topological polar surface area (TPSA) is 49.8 Å². The average molecular weight is 161 g/mol. The number of hydrogen-bond acceptors (Lipinski definition) is 3. The van der Waals surface area contributed by atoms with Crippen molar-refractivity contribution < 1.29 is 14.6 Å². The Hall–Kier alpha value is -0.770. The molecule has 0 fully saturated rings. The summed E-state index contributed by atoms with van der Waals surface area (Å²) < 4.78 is 4.33. The van der Waals surface area contributed by atoms with E-state index in [-0.39, 0.29) is 0 Å². The molecule has 0 aromatic heterocycles. The first-order valence-corrected chi connectivity index (χ1v) is 3.71. The molecule has 0 heterocycles. The molecule has 4 nitrogen and oxygen atoms in total. The van der Waals surface area contributed by atoms with E-state index in [1.54, 1.807) is 0 Å². The van der Waals surface area contributed by atoms with Gasteiger partial charge in [-0.3, -0.25) is 0 Å². The van der Waals surface area contributed by atoms with E-state index in [1.807, 2.05) is 7.05 Å². The fourth-order valence-electron chi connectivity index (χ4n) is 0.652. The van der Waals surface area contributed by atoms with Crippen LogP contribution in [0.3, 0.4) is 0 Å². The number of carbonyl (C=O) groups is 1. The molecule has 0 aliphatic rings. The van der Waals surface area contributed by atoms with Gasteiger partial charge in [0, 0.05) is 6.54 Å². The number of ether oxygens (including phenoxy) is 1. The molecule has 66 valence electrons. The summed E-state index contributed by atoms with van der Waals surface area (Å²) in [6, 6.07) is 0. The second kappa shape index (κ2) is 5.97. The Morgan fingerprint density at radius 2 is 2.27 bits per heavy atom. The van der Waals surface area contributed by atoms with Crippen molar-refractivity contribution in [2.75, 3.05) is 26.7 Å². The van der Waals surface area contributed by atoms with Gasteiger partial charge in [-0.15, -0.1) is 0 Å². The van der Waals surface area contributed by atoms with Crippen molar-refractivity contribution in [3.8, 4) is 0 Å². The summed E-state index contributed by atoms with van der Waals surface area (Å²) in [4.78, 5) is 12.0. The molecule has 0 radical (unpaired) electrons. The van der Waals surface area contributed by atoms with Crippen molar-refractivity contribution in [3.63, 3.8) is 0 Å². The quantitative estimate of drug-likeness (QED) is 0.483. The molecule has 4 heteroatoms. The van der Waals surface area contributed by atoms with E-state index in [2.05, 4.69) is 16.6 Å². The molecule has 0 aliphatic heterocycles. The molecule has 0 bridgehead atoms. The highest BCUT2D eigenvalue weighted by Gasteiger charge is 1.97. The second-order valence-electron chi connectivity index (χ2n) is 2.36. The van der Waals surface area contributed by atoms with E-state index in [0.29, 0.717) is 6.61 Å². The van der Waals surface area contributed by atoms with Crippen LogP contribution in [0.15, 0.2) is 0 Å². The van der Waals surface area contributed by atoms with Crippen LogP contribution in [0.5, 0.6) is 0 Å². The largest absolute Gasteiger partial charge is 0.505 e. The van der Waals surface area contributed by atoms with Crippen LogP contribution in [0.4, 0.5) is 4.79 Å². The first kappa shape index (κ1) is 10.2. The minimum Gasteiger partial charge on any atom is -0.450 e. The molecule has 0 aromatic rings. The Morgan fingerprint density at radius 1 is 1.64 bits per heavy atom. The third-order valence-electron chi connectivity index (χ3n) is 1.45. The summed E-state index contributed by atoms with van der Waals surface area (Å²) in [7, 11) is 1.99. The van der Waals surface area contributed by atoms with Gasteiger partial charge in [-0.2, -0.15) is 0 Å². The summed E-state index contributed by atoms with van der Waals surface area (Å²) in [5.74, 6) is 0. The second-order valence-corrected chi connectivity index (χ2v) is 2.36. The molecular formula is C7H15NO3. The van der Waals surface area contributed by atoms with Crippen LogP contribution in [-0.4, -0.2) is 42.9 Å². The van der Waals surface area contributed by atoms with Gasteiger partial charge < -0.3 is 14.7 Å². The maximum Gasteiger partial charge on any atom is 0.505 e. The number of nitrogens with zero attached hydrogens (tertiary/aromatic N) is 1. The van der Waals surface area contributed by atoms with E-state index < -0.39 is 6.16 Å². The SMILES string of the molecule is CCN(C)CCCOC(=O)O. The molecule has 0 saturated heterocycles. The third kappa shape index (κ3) is 7.12. The van der Waals surface area contributed by atoms with E-state index in [0.717, 1.165) is 19.5 Å². The van der Waals surface area contributed by atoms with Crippen LogP contribution in [0.2, 0.25) is 0 Å². The van der Waals surface area contributed by atoms with Crippen molar-refractivity contribution in [1.82, 2.24) is 4.90 Å². The summed E-state index contributed by atoms with van der Waals surface area (Å²) in [5, 5.41) is 8.10. The summed E-state index contributed by atoms with van der Waals surface area (Å²) in [5.41, 5.74) is 0. The van der Waals surface area contributed by atoms with E-state index in [1.165, 1.54) is 0 Å². The van der Waals surface area contributed by atoms with Crippen molar-refractivity contribution >= 4 is 6.16 Å². The maximum atomic E-state index is 9.88. The Morgan fingerprint density at radius 3 is 2.73 bits per heavy atom. The Labute approximate surface area is 66.8 Å². The van der Waals surface area contributed by atoms with Gasteiger partial charge in [0.25, 0.3) is 0 Å². The van der Waals surface area contributed by atoms with Gasteiger partial charge in [0.05, 0.1) is 6.61 Å². The lowest BCUT2D eigenvalue weighted by atomic mass is 10.4. The number of hydrogen-bond donors (Lipinski definition) is 1. The Balaban J connectivity index is 3.08. The van der Waals surface area contributed by atoms with E-state index >= 15 is 0 Å². The van der Waals surface area contributed by atoms with Gasteiger partial charge >= 0.3 is 6.16 Å². The average Bonchev–Trinajstić information content (AvgIpc) is 1.97. The van der Waals surface area contributed by atoms with Crippen LogP contribution in [-0.2, 0) is 4.74 Å². The minimum atomic E-state index is -1.19. The molecule has 0 rings (SSSR count). The van der Waals surface area contributed by atoms with Crippen molar-refractivity contribution in [1.29, 1.82) is 0 Å². The van der Waals surface area contributed by atoms with E-state index in [4.69, 9.17) is 5.11 Å². The highest BCUT2D eigenvalue weighted by molar-refractivity contribution is 5.56. The molecule has 11 heavy (non-hydrogen) atoms. The highest BCUT2D eigenvalue weighted by atomic mass is 16.7. The number of carboxylic acid groups (broad SMARTS) is 1. The minimum absolute atomic E-state index is 0.291. The molecular weight excluding hydrogens is 146 g/mol. The zero-order valence-electron chi connectivity index (χ0n) is 7.04. The van der Waals surface area contributed by atoms with Crippen molar-refractivity contribution in [2.24, 2.45) is 0 Å². The highest BCUT2D eigenvalue weighted by Crippen LogP contribution is 1.87. The molecule has 0 amide bonds. The van der Waals surface area contributed by atoms with Gasteiger partial charge in [0.2, 0.25) is 0 Å². The summed E-state index contributed by atoms with van der Waals surface area (Å²) in [6.45, 7) is 4.20. The van der Waals surface area contributed by atoms with Gasteiger partial charge in [-0.1, -0.05) is 6.92 Å². The van der Waals surface area contributed by atoms with Crippen LogP contribution in [0, 0.1) is 0 Å². The number of rotatable bonds is 5. The van der Waals surface area contributed by atoms with Gasteiger partial charge in [-0.25, -0.2) is 4.79 Å². The van der Waals surface area contributed by atoms with Crippen LogP contribution in [0.25, 0.3) is 0 Å². The molecule has 0 saturated carbocycles. The van der Waals surface area contributed by atoms with Gasteiger partial charge in [-0.05, 0) is 20.0 Å². The molecule has 0 spiro atoms. The summed E-state index contributed by atoms with van der Waals surface area (Å²) in [6.07, 6.45) is -0.430. The van der Waals surface area contributed by atoms with Crippen LogP contribution < -0.4 is 0 Å². The lowest BCUT2D eigenvalue weighted by Gasteiger charge is -2.12. The molecule has 0 aromatic carbocycles. The van der Waals surface area contributed by atoms with E-state index in [9.17, 15) is 4.79 Å². The first-order chi connectivity index (χ1) is 5.16. The third-order valence-corrected chi connectivity index (χ3v) is 1.45. The Kier molecular flexibility index (Phi) is 5.56. The lowest BCUT2D eigenvalue weighted by Crippen LogP contribution is -2.20. The normalized spacial score (nSPS) is 10.1. The molecule has 1 N–H and O–H groups in total. The van der Waals surface area contributed by atoms with Crippen molar-refractivity contribution in [3.05, 3.63) is 0 Å². The molecule has 0 aliphatic carbocycles. The van der Waals surface area contributed by atoms with Crippen LogP contribution >= 0.6 is 0 Å². The van der Waals surface area contributed by atoms with Gasteiger partial charge in [0.15, 0.2) is 0 Å². The maximum absolute atomic E-state index is 9.88. The van der Waals surface area contributed by atoms with Crippen LogP contribution in [0.1, 0.15) is 13.3 Å². The zero-order valence-corrected chi connectivity index (χ0v) is 7.04. The molecule has 0 atom stereocenters. The smallest absolute Gasteiger partial charge is 0.450 e. The Bertz CT molecular complexity index is 116. The fraction of sp³-hybridized carbons (Fsp3) is 0.857. The lowest BCUT2D eigenvalue weighted by molar-refractivity contribution is 0.0882.